The SMILES string of the molecule is Cc1ncsc1-c1ccc([C@H](C)NC(=O)[C@@H]2CCCN2C(=O)C(NC(=O)c2nc3ccc(Br)cc3s2)C(C)(C)C)cc1. The van der Waals surface area contributed by atoms with Crippen LogP contribution in [0.15, 0.2) is 52.4 Å². The van der Waals surface area contributed by atoms with Crippen molar-refractivity contribution in [1.82, 2.24) is 25.5 Å². The van der Waals surface area contributed by atoms with Gasteiger partial charge in [0.2, 0.25) is 11.8 Å². The molecule has 0 radical (unpaired) electrons. The molecule has 2 N–H and O–H groups in total. The summed E-state index contributed by atoms with van der Waals surface area (Å²) in [4.78, 5) is 52.2. The minimum atomic E-state index is -0.822. The summed E-state index contributed by atoms with van der Waals surface area (Å²) in [6.45, 7) is 10.1. The fourth-order valence-corrected chi connectivity index (χ4v) is 7.43. The molecule has 11 heteroatoms. The molecule has 8 nitrogen and oxygen atoms in total. The van der Waals surface area contributed by atoms with E-state index >= 15 is 0 Å². The maximum absolute atomic E-state index is 13.9. The van der Waals surface area contributed by atoms with Crippen LogP contribution in [0.5, 0.6) is 0 Å². The number of nitrogens with one attached hydrogen (secondary N) is 2. The van der Waals surface area contributed by atoms with Crippen LogP contribution in [0.3, 0.4) is 0 Å². The molecule has 2 aromatic carbocycles. The van der Waals surface area contributed by atoms with Crippen LogP contribution >= 0.6 is 38.6 Å². The lowest BCUT2D eigenvalue weighted by Crippen LogP contribution is -2.57. The molecule has 3 atom stereocenters. The van der Waals surface area contributed by atoms with Gasteiger partial charge in [-0.25, -0.2) is 9.97 Å². The maximum atomic E-state index is 13.9. The van der Waals surface area contributed by atoms with Crippen LogP contribution in [0, 0.1) is 12.3 Å². The zero-order chi connectivity index (χ0) is 30.2. The molecule has 4 aromatic rings. The highest BCUT2D eigenvalue weighted by atomic mass is 79.9. The summed E-state index contributed by atoms with van der Waals surface area (Å²) in [7, 11) is 0. The topological polar surface area (TPSA) is 104 Å². The first kappa shape index (κ1) is 30.3. The third-order valence-electron chi connectivity index (χ3n) is 7.55. The van der Waals surface area contributed by atoms with E-state index in [4.69, 9.17) is 0 Å². The van der Waals surface area contributed by atoms with Crippen molar-refractivity contribution < 1.29 is 14.4 Å². The Morgan fingerprint density at radius 1 is 1.10 bits per heavy atom. The summed E-state index contributed by atoms with van der Waals surface area (Å²) in [6, 6.07) is 12.1. The Morgan fingerprint density at radius 3 is 2.50 bits per heavy atom. The first-order valence-electron chi connectivity index (χ1n) is 13.9. The van der Waals surface area contributed by atoms with Gasteiger partial charge in [-0.2, -0.15) is 0 Å². The highest BCUT2D eigenvalue weighted by molar-refractivity contribution is 9.10. The largest absolute Gasteiger partial charge is 0.348 e. The number of nitrogens with zero attached hydrogens (tertiary/aromatic N) is 3. The van der Waals surface area contributed by atoms with Gasteiger partial charge in [-0.15, -0.1) is 22.7 Å². The second kappa shape index (κ2) is 12.2. The predicted octanol–water partition coefficient (Wildman–Crippen LogP) is 6.50. The maximum Gasteiger partial charge on any atom is 0.280 e. The Morgan fingerprint density at radius 2 is 1.83 bits per heavy atom. The van der Waals surface area contributed by atoms with Gasteiger partial charge in [0.05, 0.1) is 32.3 Å². The Labute approximate surface area is 262 Å². The molecule has 1 aliphatic heterocycles. The molecule has 42 heavy (non-hydrogen) atoms. The van der Waals surface area contributed by atoms with Gasteiger partial charge < -0.3 is 15.5 Å². The van der Waals surface area contributed by atoms with Crippen LogP contribution in [-0.2, 0) is 9.59 Å². The number of hydrogen-bond acceptors (Lipinski definition) is 7. The lowest BCUT2D eigenvalue weighted by atomic mass is 9.85. The van der Waals surface area contributed by atoms with Gasteiger partial charge in [0.1, 0.15) is 12.1 Å². The summed E-state index contributed by atoms with van der Waals surface area (Å²) >= 11 is 6.34. The quantitative estimate of drug-likeness (QED) is 0.234. The van der Waals surface area contributed by atoms with E-state index in [0.717, 1.165) is 42.8 Å². The number of halogens is 1. The molecule has 0 aliphatic carbocycles. The second-order valence-electron chi connectivity index (χ2n) is 11.7. The molecule has 2 aromatic heterocycles. The molecular weight excluding hydrogens is 634 g/mol. The van der Waals surface area contributed by atoms with E-state index in [1.165, 1.54) is 11.3 Å². The van der Waals surface area contributed by atoms with Crippen molar-refractivity contribution in [2.45, 2.75) is 65.6 Å². The molecule has 0 bridgehead atoms. The molecule has 3 heterocycles. The molecule has 0 spiro atoms. The number of aryl methyl sites for hydroxylation is 1. The number of rotatable bonds is 7. The number of thiazole rings is 2. The van der Waals surface area contributed by atoms with E-state index in [2.05, 4.69) is 36.5 Å². The number of aromatic nitrogens is 2. The van der Waals surface area contributed by atoms with Crippen LogP contribution in [-0.4, -0.2) is 51.2 Å². The third-order valence-corrected chi connectivity index (χ3v) is 10.0. The highest BCUT2D eigenvalue weighted by Gasteiger charge is 2.42. The minimum absolute atomic E-state index is 0.188. The van der Waals surface area contributed by atoms with E-state index in [1.54, 1.807) is 16.2 Å². The van der Waals surface area contributed by atoms with Crippen molar-refractivity contribution in [1.29, 1.82) is 0 Å². The molecule has 1 fully saturated rings. The average Bonchev–Trinajstić information content (AvgIpc) is 3.70. The third kappa shape index (κ3) is 6.43. The van der Waals surface area contributed by atoms with Crippen LogP contribution in [0.25, 0.3) is 20.7 Å². The molecule has 3 amide bonds. The van der Waals surface area contributed by atoms with Gasteiger partial charge in [0.15, 0.2) is 5.01 Å². The number of carbonyl (C=O) groups excluding carboxylic acids is 3. The number of hydrogen-bond donors (Lipinski definition) is 2. The normalized spacial score (nSPS) is 16.8. The summed E-state index contributed by atoms with van der Waals surface area (Å²) in [5.41, 5.74) is 5.06. The average molecular weight is 669 g/mol. The molecule has 1 saturated heterocycles. The van der Waals surface area contributed by atoms with Gasteiger partial charge in [0.25, 0.3) is 5.91 Å². The monoisotopic (exact) mass is 667 g/mol. The van der Waals surface area contributed by atoms with Gasteiger partial charge in [-0.05, 0) is 61.4 Å². The zero-order valence-electron chi connectivity index (χ0n) is 24.2. The van der Waals surface area contributed by atoms with Crippen molar-refractivity contribution in [2.24, 2.45) is 5.41 Å². The molecule has 220 valence electrons. The lowest BCUT2D eigenvalue weighted by molar-refractivity contribution is -0.142. The number of carbonyl (C=O) groups is 3. The minimum Gasteiger partial charge on any atom is -0.348 e. The number of amides is 3. The van der Waals surface area contributed by atoms with Crippen molar-refractivity contribution in [3.8, 4) is 10.4 Å². The Balaban J connectivity index is 1.27. The summed E-state index contributed by atoms with van der Waals surface area (Å²) in [5.74, 6) is -0.841. The van der Waals surface area contributed by atoms with Crippen LogP contribution < -0.4 is 10.6 Å². The highest BCUT2D eigenvalue weighted by Crippen LogP contribution is 2.30. The second-order valence-corrected chi connectivity index (χ2v) is 14.5. The van der Waals surface area contributed by atoms with E-state index < -0.39 is 23.4 Å². The Kier molecular flexibility index (Phi) is 8.82. The summed E-state index contributed by atoms with van der Waals surface area (Å²) in [5, 5.41) is 6.35. The van der Waals surface area contributed by atoms with Crippen molar-refractivity contribution in [3.05, 3.63) is 68.7 Å². The number of benzene rings is 2. The van der Waals surface area contributed by atoms with Gasteiger partial charge in [-0.3, -0.25) is 14.4 Å². The van der Waals surface area contributed by atoms with Gasteiger partial charge >= 0.3 is 0 Å². The molecule has 0 saturated carbocycles. The van der Waals surface area contributed by atoms with E-state index in [-0.39, 0.29) is 17.9 Å². The van der Waals surface area contributed by atoms with E-state index in [1.807, 2.05) is 82.6 Å². The van der Waals surface area contributed by atoms with Crippen molar-refractivity contribution in [3.63, 3.8) is 0 Å². The van der Waals surface area contributed by atoms with E-state index in [0.29, 0.717) is 18.0 Å². The first-order valence-corrected chi connectivity index (χ1v) is 16.4. The van der Waals surface area contributed by atoms with Gasteiger partial charge in [0, 0.05) is 11.0 Å². The fraction of sp³-hybridized carbons (Fsp3) is 0.387. The molecule has 1 aliphatic rings. The first-order chi connectivity index (χ1) is 19.9. The standard InChI is InChI=1S/C31H34BrN5O3S2/c1-17(19-8-10-20(11-9-19)25-18(2)33-16-41-25)34-27(38)23-7-6-14-37(23)30(40)26(31(3,4)5)36-28(39)29-35-22-13-12-21(32)15-24(22)42-29/h8-13,15-17,23,26H,6-7,14H2,1-5H3,(H,34,38)(H,36,39)/t17-,23-,26?/m0/s1. The Bertz CT molecular complexity index is 1630. The molecule has 1 unspecified atom stereocenters. The molecular formula is C31H34BrN5O3S2. The zero-order valence-corrected chi connectivity index (χ0v) is 27.5. The predicted molar refractivity (Wildman–Crippen MR) is 172 cm³/mol. The Hall–Kier alpha value is -3.15. The fourth-order valence-electron chi connectivity index (χ4n) is 5.20. The van der Waals surface area contributed by atoms with Crippen LogP contribution in [0.4, 0.5) is 0 Å². The number of fused-ring (bicyclic) bond motifs is 1. The van der Waals surface area contributed by atoms with Crippen molar-refractivity contribution >= 4 is 66.5 Å². The molecule has 5 rings (SSSR count). The number of likely N-dealkylation sites (tertiary alicyclic amines) is 1. The van der Waals surface area contributed by atoms with Crippen LogP contribution in [0.2, 0.25) is 0 Å². The summed E-state index contributed by atoms with van der Waals surface area (Å²) < 4.78 is 1.79. The van der Waals surface area contributed by atoms with Gasteiger partial charge in [-0.1, -0.05) is 61.0 Å². The van der Waals surface area contributed by atoms with Crippen molar-refractivity contribution in [2.75, 3.05) is 6.54 Å². The van der Waals surface area contributed by atoms with Crippen LogP contribution in [0.1, 0.15) is 67.6 Å². The lowest BCUT2D eigenvalue weighted by Gasteiger charge is -2.35. The van der Waals surface area contributed by atoms with E-state index in [9.17, 15) is 14.4 Å². The smallest absolute Gasteiger partial charge is 0.280 e. The summed E-state index contributed by atoms with van der Waals surface area (Å²) in [6.07, 6.45) is 1.30.